The van der Waals surface area contributed by atoms with Crippen LogP contribution in [0.5, 0.6) is 0 Å². The highest BCUT2D eigenvalue weighted by Gasteiger charge is 2.27. The van der Waals surface area contributed by atoms with Crippen LogP contribution in [0.3, 0.4) is 0 Å². The molecule has 10 heteroatoms. The fraction of sp³-hybridized carbons (Fsp3) is 0.235. The molecule has 0 saturated heterocycles. The Kier molecular flexibility index (Phi) is 5.46. The van der Waals surface area contributed by atoms with Crippen molar-refractivity contribution in [2.45, 2.75) is 25.3 Å². The number of nitrogens with two attached hydrogens (primary N) is 1. The molecular formula is C17H17N5O4S. The van der Waals surface area contributed by atoms with Gasteiger partial charge in [0, 0.05) is 11.8 Å². The highest BCUT2D eigenvalue weighted by molar-refractivity contribution is 7.13. The van der Waals surface area contributed by atoms with E-state index in [0.717, 1.165) is 0 Å². The van der Waals surface area contributed by atoms with Crippen LogP contribution < -0.4 is 21.7 Å². The van der Waals surface area contributed by atoms with E-state index in [1.165, 1.54) is 11.3 Å². The fourth-order valence-electron chi connectivity index (χ4n) is 2.60. The molecule has 5 N–H and O–H groups in total. The van der Waals surface area contributed by atoms with Crippen LogP contribution in [0.4, 0.5) is 10.8 Å². The zero-order valence-corrected chi connectivity index (χ0v) is 15.0. The number of hydrogen-bond acceptors (Lipinski definition) is 6. The van der Waals surface area contributed by atoms with Gasteiger partial charge in [-0.2, -0.15) is 0 Å². The zero-order chi connectivity index (χ0) is 19.4. The van der Waals surface area contributed by atoms with Crippen LogP contribution in [0.1, 0.15) is 28.9 Å². The predicted octanol–water partition coefficient (Wildman–Crippen LogP) is 0.640. The van der Waals surface area contributed by atoms with Crippen molar-refractivity contribution in [3.05, 3.63) is 40.9 Å². The van der Waals surface area contributed by atoms with Crippen LogP contribution in [0.25, 0.3) is 0 Å². The largest absolute Gasteiger partial charge is 0.369 e. The minimum atomic E-state index is -0.822. The first-order chi connectivity index (χ1) is 12.9. The Bertz CT molecular complexity index is 910. The standard InChI is InChI=1S/C17H17N5O4S/c18-13(23)7-9-8-27-17(19-9)22-14(24)6-5-12-16(26)20-11-4-2-1-3-10(11)15(25)21-12/h1-4,8,12H,5-7H2,(H2,18,23)(H,20,26)(H,21,25)(H,19,22,24). The average molecular weight is 387 g/mol. The first kappa shape index (κ1) is 18.5. The average Bonchev–Trinajstić information content (AvgIpc) is 2.99. The number of rotatable bonds is 6. The number of carbonyl (C=O) groups excluding carboxylic acids is 4. The van der Waals surface area contributed by atoms with Crippen LogP contribution in [-0.2, 0) is 20.8 Å². The van der Waals surface area contributed by atoms with Crippen molar-refractivity contribution in [2.24, 2.45) is 5.73 Å². The van der Waals surface area contributed by atoms with Gasteiger partial charge < -0.3 is 21.7 Å². The second-order valence-electron chi connectivity index (χ2n) is 5.93. The maximum atomic E-state index is 12.3. The number of fused-ring (bicyclic) bond motifs is 1. The molecular weight excluding hydrogens is 370 g/mol. The lowest BCUT2D eigenvalue weighted by Gasteiger charge is -2.13. The summed E-state index contributed by atoms with van der Waals surface area (Å²) in [7, 11) is 0. The van der Waals surface area contributed by atoms with E-state index in [-0.39, 0.29) is 37.0 Å². The third-order valence-corrected chi connectivity index (χ3v) is 4.67. The molecule has 2 heterocycles. The highest BCUT2D eigenvalue weighted by Crippen LogP contribution is 2.20. The van der Waals surface area contributed by atoms with Crippen LogP contribution in [0.15, 0.2) is 29.6 Å². The summed E-state index contributed by atoms with van der Waals surface area (Å²) in [5.74, 6) is -1.60. The fourth-order valence-corrected chi connectivity index (χ4v) is 3.32. The third-order valence-electron chi connectivity index (χ3n) is 3.86. The number of anilines is 2. The predicted molar refractivity (Wildman–Crippen MR) is 99.2 cm³/mol. The summed E-state index contributed by atoms with van der Waals surface area (Å²) in [5, 5.41) is 9.91. The summed E-state index contributed by atoms with van der Waals surface area (Å²) in [5.41, 5.74) is 6.40. The van der Waals surface area contributed by atoms with E-state index in [1.807, 2.05) is 0 Å². The molecule has 27 heavy (non-hydrogen) atoms. The highest BCUT2D eigenvalue weighted by atomic mass is 32.1. The quantitative estimate of drug-likeness (QED) is 0.575. The number of primary amides is 1. The van der Waals surface area contributed by atoms with Gasteiger partial charge in [0.05, 0.1) is 23.4 Å². The minimum Gasteiger partial charge on any atom is -0.369 e. The molecule has 0 fully saturated rings. The topological polar surface area (TPSA) is 143 Å². The van der Waals surface area contributed by atoms with E-state index in [9.17, 15) is 19.2 Å². The Morgan fingerprint density at radius 3 is 2.81 bits per heavy atom. The van der Waals surface area contributed by atoms with Crippen LogP contribution in [0.2, 0.25) is 0 Å². The van der Waals surface area contributed by atoms with Gasteiger partial charge in [-0.15, -0.1) is 11.3 Å². The molecule has 0 radical (unpaired) electrons. The van der Waals surface area contributed by atoms with Crippen molar-refractivity contribution in [3.8, 4) is 0 Å². The lowest BCUT2D eigenvalue weighted by molar-refractivity contribution is -0.119. The van der Waals surface area contributed by atoms with Gasteiger partial charge in [-0.25, -0.2) is 4.98 Å². The first-order valence-corrected chi connectivity index (χ1v) is 9.03. The van der Waals surface area contributed by atoms with Crippen molar-refractivity contribution in [2.75, 3.05) is 10.6 Å². The van der Waals surface area contributed by atoms with Gasteiger partial charge in [0.25, 0.3) is 5.91 Å². The summed E-state index contributed by atoms with van der Waals surface area (Å²) in [6.45, 7) is 0. The molecule has 1 unspecified atom stereocenters. The second-order valence-corrected chi connectivity index (χ2v) is 6.79. The summed E-state index contributed by atoms with van der Waals surface area (Å²) in [6, 6.07) is 5.87. The molecule has 9 nitrogen and oxygen atoms in total. The van der Waals surface area contributed by atoms with Gasteiger partial charge in [-0.3, -0.25) is 19.2 Å². The van der Waals surface area contributed by atoms with Gasteiger partial charge in [0.15, 0.2) is 5.13 Å². The SMILES string of the molecule is NC(=O)Cc1csc(NC(=O)CCC2NC(=O)c3ccccc3NC2=O)n1. The molecule has 3 rings (SSSR count). The molecule has 0 bridgehead atoms. The number of aromatic nitrogens is 1. The second kappa shape index (κ2) is 7.96. The van der Waals surface area contributed by atoms with Gasteiger partial charge in [0.1, 0.15) is 6.04 Å². The molecule has 140 valence electrons. The van der Waals surface area contributed by atoms with E-state index < -0.39 is 11.9 Å². The Labute approximate surface area is 158 Å². The normalized spacial score (nSPS) is 15.9. The van der Waals surface area contributed by atoms with Crippen molar-refractivity contribution < 1.29 is 19.2 Å². The van der Waals surface area contributed by atoms with E-state index in [0.29, 0.717) is 22.1 Å². The summed E-state index contributed by atoms with van der Waals surface area (Å²) >= 11 is 1.18. The van der Waals surface area contributed by atoms with Gasteiger partial charge in [0.2, 0.25) is 17.7 Å². The maximum Gasteiger partial charge on any atom is 0.254 e. The van der Waals surface area contributed by atoms with Gasteiger partial charge in [-0.05, 0) is 18.6 Å². The molecule has 4 amide bonds. The lowest BCUT2D eigenvalue weighted by atomic mass is 10.1. The van der Waals surface area contributed by atoms with E-state index in [4.69, 9.17) is 5.73 Å². The number of nitrogens with one attached hydrogen (secondary N) is 3. The van der Waals surface area contributed by atoms with Crippen molar-refractivity contribution in [1.29, 1.82) is 0 Å². The zero-order valence-electron chi connectivity index (χ0n) is 14.2. The molecule has 1 atom stereocenters. The number of carbonyl (C=O) groups is 4. The van der Waals surface area contributed by atoms with E-state index in [2.05, 4.69) is 20.9 Å². The molecule has 0 saturated carbocycles. The van der Waals surface area contributed by atoms with Crippen LogP contribution >= 0.6 is 11.3 Å². The van der Waals surface area contributed by atoms with Gasteiger partial charge >= 0.3 is 0 Å². The van der Waals surface area contributed by atoms with Crippen LogP contribution in [0, 0.1) is 0 Å². The van der Waals surface area contributed by atoms with E-state index >= 15 is 0 Å². The molecule has 1 aromatic heterocycles. The van der Waals surface area contributed by atoms with Crippen molar-refractivity contribution in [1.82, 2.24) is 10.3 Å². The smallest absolute Gasteiger partial charge is 0.254 e. The summed E-state index contributed by atoms with van der Waals surface area (Å²) < 4.78 is 0. The van der Waals surface area contributed by atoms with E-state index in [1.54, 1.807) is 29.6 Å². The Morgan fingerprint density at radius 2 is 2.04 bits per heavy atom. The molecule has 1 aliphatic rings. The molecule has 0 aliphatic carbocycles. The summed E-state index contributed by atoms with van der Waals surface area (Å²) in [6.07, 6.45) is 0.150. The number of benzene rings is 1. The minimum absolute atomic E-state index is 0.00120. The molecule has 2 aromatic rings. The third kappa shape index (κ3) is 4.67. The number of para-hydroxylation sites is 1. The Balaban J connectivity index is 1.56. The first-order valence-electron chi connectivity index (χ1n) is 8.15. The van der Waals surface area contributed by atoms with Gasteiger partial charge in [-0.1, -0.05) is 12.1 Å². The molecule has 1 aliphatic heterocycles. The monoisotopic (exact) mass is 387 g/mol. The Morgan fingerprint density at radius 1 is 1.26 bits per heavy atom. The van der Waals surface area contributed by atoms with Crippen molar-refractivity contribution >= 4 is 45.8 Å². The molecule has 1 aromatic carbocycles. The van der Waals surface area contributed by atoms with Crippen LogP contribution in [-0.4, -0.2) is 34.7 Å². The number of nitrogens with zero attached hydrogens (tertiary/aromatic N) is 1. The summed E-state index contributed by atoms with van der Waals surface area (Å²) in [4.78, 5) is 51.6. The Hall–Kier alpha value is -3.27. The molecule has 0 spiro atoms. The number of thiazole rings is 1. The number of amides is 4. The lowest BCUT2D eigenvalue weighted by Crippen LogP contribution is -2.41. The maximum absolute atomic E-state index is 12.3. The number of hydrogen-bond donors (Lipinski definition) is 4. The van der Waals surface area contributed by atoms with Crippen molar-refractivity contribution in [3.63, 3.8) is 0 Å².